The van der Waals surface area contributed by atoms with E-state index >= 15 is 0 Å². The zero-order valence-electron chi connectivity index (χ0n) is 6.33. The summed E-state index contributed by atoms with van der Waals surface area (Å²) in [7, 11) is 0. The van der Waals surface area contributed by atoms with Crippen molar-refractivity contribution in [3.8, 4) is 0 Å². The van der Waals surface area contributed by atoms with Crippen molar-refractivity contribution in [3.63, 3.8) is 0 Å². The third-order valence-electron chi connectivity index (χ3n) is 1.34. The number of nitrogens with zero attached hydrogens (tertiary/aromatic N) is 1. The highest BCUT2D eigenvalue weighted by molar-refractivity contribution is 4.85. The molecule has 0 radical (unpaired) electrons. The van der Waals surface area contributed by atoms with Gasteiger partial charge < -0.3 is 0 Å². The number of nitrogens with one attached hydrogen (secondary N) is 1. The largest absolute Gasteiger partial charge is 0.268 e. The molecule has 0 atom stereocenters. The minimum atomic E-state index is -0.238. The second-order valence-corrected chi connectivity index (χ2v) is 2.30. The Bertz CT molecular complexity index is 337. The fraction of sp³-hybridized carbons (Fsp3) is 0.429. The maximum atomic E-state index is 11.0. The summed E-state index contributed by atoms with van der Waals surface area (Å²) in [5.41, 5.74) is -0.399. The zero-order valence-corrected chi connectivity index (χ0v) is 6.33. The molecule has 4 nitrogen and oxygen atoms in total. The summed E-state index contributed by atoms with van der Waals surface area (Å²) in [5.74, 6) is 0. The summed E-state index contributed by atoms with van der Waals surface area (Å²) < 4.78 is 1.31. The lowest BCUT2D eigenvalue weighted by molar-refractivity contribution is 0.560. The Balaban J connectivity index is 3.13. The molecule has 0 unspecified atom stereocenters. The maximum Gasteiger partial charge on any atom is 0.265 e. The second-order valence-electron chi connectivity index (χ2n) is 2.30. The van der Waals surface area contributed by atoms with Gasteiger partial charge in [-0.15, -0.1) is 0 Å². The van der Waals surface area contributed by atoms with Crippen molar-refractivity contribution in [1.82, 2.24) is 9.78 Å². The molecular weight excluding hydrogens is 144 g/mol. The summed E-state index contributed by atoms with van der Waals surface area (Å²) in [6.07, 6.45) is 0.833. The van der Waals surface area contributed by atoms with E-state index in [9.17, 15) is 9.59 Å². The lowest BCUT2D eigenvalue weighted by Crippen LogP contribution is -2.27. The van der Waals surface area contributed by atoms with Crippen LogP contribution in [0.4, 0.5) is 0 Å². The Morgan fingerprint density at radius 3 is 2.82 bits per heavy atom. The van der Waals surface area contributed by atoms with E-state index in [-0.39, 0.29) is 11.1 Å². The van der Waals surface area contributed by atoms with Crippen molar-refractivity contribution in [1.29, 1.82) is 0 Å². The molecule has 0 spiro atoms. The zero-order chi connectivity index (χ0) is 8.27. The fourth-order valence-corrected chi connectivity index (χ4v) is 0.852. The van der Waals surface area contributed by atoms with E-state index in [2.05, 4.69) is 5.10 Å². The van der Waals surface area contributed by atoms with Crippen molar-refractivity contribution >= 4 is 0 Å². The van der Waals surface area contributed by atoms with E-state index in [1.54, 1.807) is 0 Å². The van der Waals surface area contributed by atoms with Crippen molar-refractivity contribution < 1.29 is 0 Å². The van der Waals surface area contributed by atoms with Crippen LogP contribution in [0.15, 0.2) is 21.7 Å². The Morgan fingerprint density at radius 1 is 1.45 bits per heavy atom. The first kappa shape index (κ1) is 7.78. The van der Waals surface area contributed by atoms with Gasteiger partial charge in [0.25, 0.3) is 11.1 Å². The molecule has 11 heavy (non-hydrogen) atoms. The number of aromatic nitrogens is 2. The van der Waals surface area contributed by atoms with Gasteiger partial charge in [-0.3, -0.25) is 19.4 Å². The molecule has 0 fully saturated rings. The van der Waals surface area contributed by atoms with Gasteiger partial charge in [-0.1, -0.05) is 6.92 Å². The van der Waals surface area contributed by atoms with E-state index in [1.807, 2.05) is 6.92 Å². The maximum absolute atomic E-state index is 11.0. The van der Waals surface area contributed by atoms with Crippen LogP contribution >= 0.6 is 0 Å². The van der Waals surface area contributed by atoms with Crippen LogP contribution in [-0.2, 0) is 6.54 Å². The van der Waals surface area contributed by atoms with Gasteiger partial charge in [0.1, 0.15) is 0 Å². The van der Waals surface area contributed by atoms with E-state index < -0.39 is 0 Å². The molecule has 60 valence electrons. The van der Waals surface area contributed by atoms with Crippen molar-refractivity contribution in [2.45, 2.75) is 19.9 Å². The molecule has 4 heteroatoms. The predicted octanol–water partition coefficient (Wildman–Crippen LogP) is -0.0534. The molecule has 1 heterocycles. The van der Waals surface area contributed by atoms with Gasteiger partial charge in [0.15, 0.2) is 0 Å². The topological polar surface area (TPSA) is 54.9 Å². The number of rotatable bonds is 2. The Kier molecular flexibility index (Phi) is 2.25. The fourth-order valence-electron chi connectivity index (χ4n) is 0.852. The number of hydrogen-bond donors (Lipinski definition) is 1. The molecule has 0 amide bonds. The first-order chi connectivity index (χ1) is 5.24. The summed E-state index contributed by atoms with van der Waals surface area (Å²) in [6, 6.07) is 2.50. The predicted molar refractivity (Wildman–Crippen MR) is 41.6 cm³/mol. The van der Waals surface area contributed by atoms with Crippen LogP contribution in [0.25, 0.3) is 0 Å². The monoisotopic (exact) mass is 154 g/mol. The summed E-state index contributed by atoms with van der Waals surface area (Å²) in [5, 5.41) is 2.43. The van der Waals surface area contributed by atoms with Crippen LogP contribution in [-0.4, -0.2) is 9.78 Å². The summed E-state index contributed by atoms with van der Waals surface area (Å²) >= 11 is 0. The van der Waals surface area contributed by atoms with Crippen molar-refractivity contribution in [2.24, 2.45) is 0 Å². The molecule has 0 saturated carbocycles. The van der Waals surface area contributed by atoms with Gasteiger partial charge in [0, 0.05) is 18.7 Å². The van der Waals surface area contributed by atoms with Gasteiger partial charge >= 0.3 is 0 Å². The average Bonchev–Trinajstić information content (AvgIpc) is 1.98. The third kappa shape index (κ3) is 1.80. The Morgan fingerprint density at radius 2 is 2.18 bits per heavy atom. The van der Waals surface area contributed by atoms with Gasteiger partial charge in [-0.2, -0.15) is 0 Å². The molecule has 1 N–H and O–H groups in total. The normalized spacial score (nSPS) is 9.91. The van der Waals surface area contributed by atoms with Gasteiger partial charge in [0.2, 0.25) is 0 Å². The van der Waals surface area contributed by atoms with Gasteiger partial charge in [0.05, 0.1) is 0 Å². The minimum Gasteiger partial charge on any atom is -0.268 e. The summed E-state index contributed by atoms with van der Waals surface area (Å²) in [4.78, 5) is 21.7. The van der Waals surface area contributed by atoms with Crippen molar-refractivity contribution in [2.75, 3.05) is 0 Å². The van der Waals surface area contributed by atoms with E-state index in [0.29, 0.717) is 6.54 Å². The van der Waals surface area contributed by atoms with E-state index in [1.165, 1.54) is 16.8 Å². The standard InChI is InChI=1S/C7H10N2O2/c1-2-5-9-7(11)4-3-6(10)8-9/h3-4H,2,5H2,1H3,(H,8,10). The Labute approximate surface area is 63.5 Å². The van der Waals surface area contributed by atoms with Crippen LogP contribution in [0.2, 0.25) is 0 Å². The highest BCUT2D eigenvalue weighted by Crippen LogP contribution is 1.77. The van der Waals surface area contributed by atoms with Crippen LogP contribution in [0.1, 0.15) is 13.3 Å². The van der Waals surface area contributed by atoms with Gasteiger partial charge in [-0.05, 0) is 6.42 Å². The third-order valence-corrected chi connectivity index (χ3v) is 1.34. The average molecular weight is 154 g/mol. The number of H-pyrrole nitrogens is 1. The Hall–Kier alpha value is -1.32. The lowest BCUT2D eigenvalue weighted by atomic mass is 10.5. The number of aromatic amines is 1. The molecule has 0 saturated heterocycles. The van der Waals surface area contributed by atoms with Crippen molar-refractivity contribution in [3.05, 3.63) is 32.8 Å². The molecule has 0 aliphatic carbocycles. The van der Waals surface area contributed by atoms with E-state index in [0.717, 1.165) is 6.42 Å². The van der Waals surface area contributed by atoms with Crippen LogP contribution in [0.3, 0.4) is 0 Å². The molecule has 0 aliphatic heterocycles. The van der Waals surface area contributed by atoms with Gasteiger partial charge in [-0.25, -0.2) is 0 Å². The highest BCUT2D eigenvalue weighted by atomic mass is 16.1. The molecule has 0 bridgehead atoms. The lowest BCUT2D eigenvalue weighted by Gasteiger charge is -1.99. The number of hydrogen-bond acceptors (Lipinski definition) is 2. The highest BCUT2D eigenvalue weighted by Gasteiger charge is 1.92. The van der Waals surface area contributed by atoms with Crippen LogP contribution < -0.4 is 11.1 Å². The molecule has 1 rings (SSSR count). The van der Waals surface area contributed by atoms with Crippen LogP contribution in [0.5, 0.6) is 0 Å². The van der Waals surface area contributed by atoms with E-state index in [4.69, 9.17) is 0 Å². The second kappa shape index (κ2) is 3.18. The smallest absolute Gasteiger partial charge is 0.265 e. The molecular formula is C7H10N2O2. The SMILES string of the molecule is CCCn1[nH]c(=O)ccc1=O. The number of aryl methyl sites for hydroxylation is 1. The minimum absolute atomic E-state index is 0.161. The molecule has 0 aliphatic rings. The first-order valence-electron chi connectivity index (χ1n) is 3.54. The summed E-state index contributed by atoms with van der Waals surface area (Å²) in [6.45, 7) is 2.51. The molecule has 1 aromatic heterocycles. The quantitative estimate of drug-likeness (QED) is 0.649. The molecule has 1 aromatic rings. The molecule has 0 aromatic carbocycles. The first-order valence-corrected chi connectivity index (χ1v) is 3.54. The van der Waals surface area contributed by atoms with Crippen LogP contribution in [0, 0.1) is 0 Å².